The number of carbonyl (C=O) groups excluding carboxylic acids is 1. The molecule has 1 amide bonds. The van der Waals surface area contributed by atoms with Crippen molar-refractivity contribution in [3.63, 3.8) is 0 Å². The van der Waals surface area contributed by atoms with Crippen molar-refractivity contribution in [3.05, 3.63) is 0 Å². The standard InChI is InChI=1S/C12H22ClNO/c1-2-3-9-12(15)14-11-8-6-4-5-7-10(11)13/h10-11H,2-9H2,1H3,(H,14,15). The van der Waals surface area contributed by atoms with E-state index in [1.807, 2.05) is 0 Å². The minimum atomic E-state index is 0.137. The molecule has 1 aliphatic carbocycles. The summed E-state index contributed by atoms with van der Waals surface area (Å²) in [6.45, 7) is 2.10. The average Bonchev–Trinajstić information content (AvgIpc) is 2.42. The topological polar surface area (TPSA) is 29.1 Å². The highest BCUT2D eigenvalue weighted by atomic mass is 35.5. The molecule has 0 radical (unpaired) electrons. The molecule has 1 aliphatic rings. The molecule has 2 atom stereocenters. The number of carbonyl (C=O) groups is 1. The number of nitrogens with one attached hydrogen (secondary N) is 1. The summed E-state index contributed by atoms with van der Waals surface area (Å²) in [4.78, 5) is 11.6. The van der Waals surface area contributed by atoms with Crippen molar-refractivity contribution in [2.75, 3.05) is 0 Å². The predicted octanol–water partition coefficient (Wildman–Crippen LogP) is 3.23. The first-order valence-corrected chi connectivity index (χ1v) is 6.61. The SMILES string of the molecule is CCCCC(=O)NC1CCCCCC1Cl. The molecule has 15 heavy (non-hydrogen) atoms. The second-order valence-corrected chi connectivity index (χ2v) is 4.99. The molecule has 1 N–H and O–H groups in total. The van der Waals surface area contributed by atoms with E-state index in [9.17, 15) is 4.79 Å². The predicted molar refractivity (Wildman–Crippen MR) is 64.2 cm³/mol. The van der Waals surface area contributed by atoms with Crippen molar-refractivity contribution in [2.24, 2.45) is 0 Å². The number of rotatable bonds is 4. The lowest BCUT2D eigenvalue weighted by Gasteiger charge is -2.21. The van der Waals surface area contributed by atoms with Gasteiger partial charge in [-0.25, -0.2) is 0 Å². The van der Waals surface area contributed by atoms with Crippen LogP contribution in [0.3, 0.4) is 0 Å². The van der Waals surface area contributed by atoms with Gasteiger partial charge >= 0.3 is 0 Å². The molecule has 0 saturated heterocycles. The van der Waals surface area contributed by atoms with Gasteiger partial charge in [-0.1, -0.05) is 32.6 Å². The molecule has 1 fully saturated rings. The van der Waals surface area contributed by atoms with Gasteiger partial charge in [0.05, 0.1) is 5.38 Å². The maximum atomic E-state index is 11.6. The summed E-state index contributed by atoms with van der Waals surface area (Å²) in [6.07, 6.45) is 8.44. The number of hydrogen-bond acceptors (Lipinski definition) is 1. The number of amides is 1. The summed E-state index contributed by atoms with van der Waals surface area (Å²) in [7, 11) is 0. The molecular formula is C12H22ClNO. The van der Waals surface area contributed by atoms with E-state index in [1.54, 1.807) is 0 Å². The van der Waals surface area contributed by atoms with Crippen LogP contribution in [-0.2, 0) is 4.79 Å². The molecule has 0 aromatic heterocycles. The molecular weight excluding hydrogens is 210 g/mol. The Labute approximate surface area is 97.8 Å². The molecule has 1 saturated carbocycles. The van der Waals surface area contributed by atoms with Crippen molar-refractivity contribution >= 4 is 17.5 Å². The van der Waals surface area contributed by atoms with Gasteiger partial charge in [0.2, 0.25) is 5.91 Å². The van der Waals surface area contributed by atoms with Crippen molar-refractivity contribution < 1.29 is 4.79 Å². The van der Waals surface area contributed by atoms with Gasteiger partial charge in [0.1, 0.15) is 0 Å². The van der Waals surface area contributed by atoms with Crippen LogP contribution in [0.15, 0.2) is 0 Å². The van der Waals surface area contributed by atoms with Crippen LogP contribution >= 0.6 is 11.6 Å². The monoisotopic (exact) mass is 231 g/mol. The van der Waals surface area contributed by atoms with E-state index in [1.165, 1.54) is 19.3 Å². The highest BCUT2D eigenvalue weighted by molar-refractivity contribution is 6.21. The highest BCUT2D eigenvalue weighted by Crippen LogP contribution is 2.22. The Morgan fingerprint density at radius 1 is 1.33 bits per heavy atom. The van der Waals surface area contributed by atoms with Crippen molar-refractivity contribution in [3.8, 4) is 0 Å². The number of hydrogen-bond donors (Lipinski definition) is 1. The summed E-state index contributed by atoms with van der Waals surface area (Å²) in [5, 5.41) is 3.21. The fourth-order valence-electron chi connectivity index (χ4n) is 2.04. The third kappa shape index (κ3) is 4.87. The van der Waals surface area contributed by atoms with Crippen LogP contribution in [0.4, 0.5) is 0 Å². The third-order valence-electron chi connectivity index (χ3n) is 3.04. The number of unbranched alkanes of at least 4 members (excludes halogenated alkanes) is 1. The normalized spacial score (nSPS) is 27.1. The summed E-state index contributed by atoms with van der Waals surface area (Å²) < 4.78 is 0. The Morgan fingerprint density at radius 3 is 2.80 bits per heavy atom. The van der Waals surface area contributed by atoms with E-state index in [0.29, 0.717) is 6.42 Å². The van der Waals surface area contributed by atoms with E-state index in [4.69, 9.17) is 11.6 Å². The smallest absolute Gasteiger partial charge is 0.220 e. The first kappa shape index (κ1) is 12.8. The van der Waals surface area contributed by atoms with Gasteiger partial charge in [-0.05, 0) is 19.3 Å². The van der Waals surface area contributed by atoms with Crippen molar-refractivity contribution in [2.45, 2.75) is 69.7 Å². The minimum absolute atomic E-state index is 0.137. The quantitative estimate of drug-likeness (QED) is 0.584. The molecule has 0 aliphatic heterocycles. The summed E-state index contributed by atoms with van der Waals surface area (Å²) in [6, 6.07) is 0.207. The first-order valence-electron chi connectivity index (χ1n) is 6.17. The van der Waals surface area contributed by atoms with E-state index >= 15 is 0 Å². The van der Waals surface area contributed by atoms with Crippen LogP contribution < -0.4 is 5.32 Å². The first-order chi connectivity index (χ1) is 7.24. The molecule has 0 aromatic carbocycles. The van der Waals surface area contributed by atoms with Crippen LogP contribution in [0, 0.1) is 0 Å². The van der Waals surface area contributed by atoms with Gasteiger partial charge in [0.25, 0.3) is 0 Å². The van der Waals surface area contributed by atoms with Crippen LogP contribution in [0.25, 0.3) is 0 Å². The van der Waals surface area contributed by atoms with Gasteiger partial charge in [-0.2, -0.15) is 0 Å². The maximum absolute atomic E-state index is 11.6. The second kappa shape index (κ2) is 7.10. The Balaban J connectivity index is 2.30. The lowest BCUT2D eigenvalue weighted by Crippen LogP contribution is -2.40. The molecule has 0 aromatic rings. The Kier molecular flexibility index (Phi) is 6.07. The fraction of sp³-hybridized carbons (Fsp3) is 0.917. The molecule has 2 nitrogen and oxygen atoms in total. The summed E-state index contributed by atoms with van der Waals surface area (Å²) in [5.74, 6) is 0.175. The van der Waals surface area contributed by atoms with Gasteiger partial charge in [0, 0.05) is 12.5 Å². The Bertz CT molecular complexity index is 196. The zero-order chi connectivity index (χ0) is 11.1. The second-order valence-electron chi connectivity index (χ2n) is 4.43. The van der Waals surface area contributed by atoms with Crippen LogP contribution in [0.1, 0.15) is 58.3 Å². The van der Waals surface area contributed by atoms with Crippen molar-refractivity contribution in [1.82, 2.24) is 5.32 Å². The van der Waals surface area contributed by atoms with Crippen LogP contribution in [0.2, 0.25) is 0 Å². The Morgan fingerprint density at radius 2 is 2.07 bits per heavy atom. The van der Waals surface area contributed by atoms with Gasteiger partial charge in [-0.15, -0.1) is 11.6 Å². The molecule has 1 rings (SSSR count). The van der Waals surface area contributed by atoms with E-state index in [2.05, 4.69) is 12.2 Å². The van der Waals surface area contributed by atoms with Crippen molar-refractivity contribution in [1.29, 1.82) is 0 Å². The van der Waals surface area contributed by atoms with Gasteiger partial charge in [-0.3, -0.25) is 4.79 Å². The third-order valence-corrected chi connectivity index (χ3v) is 3.56. The molecule has 0 spiro atoms. The molecule has 0 bridgehead atoms. The van der Waals surface area contributed by atoms with Crippen LogP contribution in [-0.4, -0.2) is 17.3 Å². The zero-order valence-corrected chi connectivity index (χ0v) is 10.4. The lowest BCUT2D eigenvalue weighted by atomic mass is 10.1. The summed E-state index contributed by atoms with van der Waals surface area (Å²) >= 11 is 6.25. The highest BCUT2D eigenvalue weighted by Gasteiger charge is 2.22. The molecule has 2 unspecified atom stereocenters. The van der Waals surface area contributed by atoms with E-state index < -0.39 is 0 Å². The number of halogens is 1. The summed E-state index contributed by atoms with van der Waals surface area (Å²) in [5.41, 5.74) is 0. The zero-order valence-electron chi connectivity index (χ0n) is 9.60. The fourth-order valence-corrected chi connectivity index (χ4v) is 2.38. The molecule has 3 heteroatoms. The minimum Gasteiger partial charge on any atom is -0.352 e. The van der Waals surface area contributed by atoms with Gasteiger partial charge in [0.15, 0.2) is 0 Å². The maximum Gasteiger partial charge on any atom is 0.220 e. The number of alkyl halides is 1. The average molecular weight is 232 g/mol. The lowest BCUT2D eigenvalue weighted by molar-refractivity contribution is -0.121. The molecule has 0 heterocycles. The van der Waals surface area contributed by atoms with Crippen LogP contribution in [0.5, 0.6) is 0 Å². The largest absolute Gasteiger partial charge is 0.352 e. The van der Waals surface area contributed by atoms with Gasteiger partial charge < -0.3 is 5.32 Å². The Hall–Kier alpha value is -0.240. The van der Waals surface area contributed by atoms with E-state index in [0.717, 1.165) is 25.7 Å². The molecule has 88 valence electrons. The van der Waals surface area contributed by atoms with E-state index in [-0.39, 0.29) is 17.3 Å².